The van der Waals surface area contributed by atoms with Gasteiger partial charge in [-0.2, -0.15) is 0 Å². The smallest absolute Gasteiger partial charge is 0.650 e. The molecule has 584 valence electrons. The van der Waals surface area contributed by atoms with Crippen LogP contribution in [0.5, 0.6) is 0 Å². The number of hydrogen-bond acceptors (Lipinski definition) is 0. The van der Waals surface area contributed by atoms with E-state index in [-0.39, 0.29) is 46.5 Å². The fraction of sp³-hybridized carbons (Fsp3) is 0.826. The van der Waals surface area contributed by atoms with Crippen molar-refractivity contribution in [2.24, 2.45) is 21.7 Å². The van der Waals surface area contributed by atoms with Crippen LogP contribution in [0.2, 0.25) is 52.4 Å². The Balaban J connectivity index is 0.00000132. The number of rotatable bonds is 52. The molecule has 101 heavy (non-hydrogen) atoms. The monoisotopic (exact) mass is 1630 g/mol. The molecular weight excluding hydrogens is 1450 g/mol. The molecule has 4 atom stereocenters. The molecule has 0 heterocycles. The molecule has 0 N–H and O–H groups in total. The van der Waals surface area contributed by atoms with Crippen molar-refractivity contribution in [1.29, 1.82) is 0 Å². The second kappa shape index (κ2) is 55.8. The van der Waals surface area contributed by atoms with Crippen LogP contribution in [0.15, 0.2) is 97.2 Å². The van der Waals surface area contributed by atoms with Crippen molar-refractivity contribution in [3.05, 3.63) is 118 Å². The summed E-state index contributed by atoms with van der Waals surface area (Å²) in [6.07, 6.45) is 90.8. The van der Waals surface area contributed by atoms with E-state index in [1.165, 1.54) is 257 Å². The van der Waals surface area contributed by atoms with Crippen molar-refractivity contribution >= 4 is 35.2 Å². The van der Waals surface area contributed by atoms with Gasteiger partial charge in [-0.1, -0.05) is 516 Å². The normalized spacial score (nSPS) is 17.4. The maximum absolute atomic E-state index is 5.18. The van der Waals surface area contributed by atoms with E-state index in [1.54, 1.807) is 0 Å². The van der Waals surface area contributed by atoms with E-state index in [1.807, 2.05) is 0 Å². The van der Waals surface area contributed by atoms with E-state index in [2.05, 4.69) is 260 Å². The van der Waals surface area contributed by atoms with Gasteiger partial charge >= 0.3 is 25.8 Å². The molecule has 0 fully saturated rings. The first-order valence-electron chi connectivity index (χ1n) is 43.2. The Labute approximate surface area is 660 Å². The van der Waals surface area contributed by atoms with Gasteiger partial charge in [0.05, 0.1) is 0 Å². The SMILES string of the molecule is C[SiH](C)C(C)(CCCCCCCCCCC(C)(C)C)[N-]C1C=CC=C1.C[SiH](C)C(C)(CCCCCCCCCCC(C)(C)C)[N-]C1C=CC=C1.C[SiH](C)C(C)(CCCCCCCCCCC(C)(C)C)[N-]C1C=CC=C1.C[SiH](C)C(C)(CCCCCCCCCCC(C)(C)C)[N-]C1C=CC=C1.[Hf+4]. The summed E-state index contributed by atoms with van der Waals surface area (Å²) in [5.41, 5.74) is 2.06. The summed E-state index contributed by atoms with van der Waals surface area (Å²) < 4.78 is 0. The van der Waals surface area contributed by atoms with Crippen LogP contribution in [-0.4, -0.2) is 80.0 Å². The Morgan fingerprint density at radius 1 is 0.188 bits per heavy atom. The van der Waals surface area contributed by atoms with Gasteiger partial charge in [-0.3, -0.25) is 0 Å². The quantitative estimate of drug-likeness (QED) is 0.0431. The third-order valence-electron chi connectivity index (χ3n) is 23.1. The molecule has 0 amide bonds. The van der Waals surface area contributed by atoms with Gasteiger partial charge in [-0.05, 0) is 47.3 Å². The zero-order valence-corrected chi connectivity index (χ0v) is 80.6. The van der Waals surface area contributed by atoms with Crippen LogP contribution < -0.4 is 0 Å². The van der Waals surface area contributed by atoms with Crippen LogP contribution in [0.1, 0.15) is 368 Å². The van der Waals surface area contributed by atoms with Crippen molar-refractivity contribution in [3.63, 3.8) is 0 Å². The molecule has 4 rings (SSSR count). The molecule has 0 aromatic rings. The first-order valence-corrected chi connectivity index (χ1v) is 54.7. The predicted octanol–water partition coefficient (Wildman–Crippen LogP) is 30.3. The zero-order chi connectivity index (χ0) is 75.0. The van der Waals surface area contributed by atoms with Crippen molar-refractivity contribution in [3.8, 4) is 0 Å². The molecule has 9 heteroatoms. The molecule has 0 radical (unpaired) electrons. The second-order valence-corrected chi connectivity index (χ2v) is 53.4. The summed E-state index contributed by atoms with van der Waals surface area (Å²) in [4.78, 5) is 0. The second-order valence-electron chi connectivity index (χ2n) is 39.2. The van der Waals surface area contributed by atoms with Crippen LogP contribution in [0.3, 0.4) is 0 Å². The third-order valence-corrected chi connectivity index (χ3v) is 34.8. The summed E-state index contributed by atoms with van der Waals surface area (Å²) in [5, 5.41) is 21.8. The van der Waals surface area contributed by atoms with E-state index in [0.717, 1.165) is 0 Å². The van der Waals surface area contributed by atoms with Gasteiger partial charge in [0.1, 0.15) is 0 Å². The third kappa shape index (κ3) is 54.7. The maximum Gasteiger partial charge on any atom is 4.00 e. The van der Waals surface area contributed by atoms with Gasteiger partial charge < -0.3 is 21.3 Å². The van der Waals surface area contributed by atoms with E-state index in [0.29, 0.717) is 45.8 Å². The van der Waals surface area contributed by atoms with Gasteiger partial charge in [0.15, 0.2) is 0 Å². The Bertz CT molecular complexity index is 1890. The molecule has 4 nitrogen and oxygen atoms in total. The predicted molar refractivity (Wildman–Crippen MR) is 473 cm³/mol. The Hall–Kier alpha value is -0.502. The molecule has 0 aromatic heterocycles. The average molecular weight is 1630 g/mol. The van der Waals surface area contributed by atoms with Gasteiger partial charge in [0.25, 0.3) is 0 Å². The van der Waals surface area contributed by atoms with Crippen LogP contribution in [0.25, 0.3) is 21.3 Å². The number of unbranched alkanes of at least 4 members (excludes halogenated alkanes) is 28. The summed E-state index contributed by atoms with van der Waals surface area (Å²) in [5.74, 6) is 0. The minimum Gasteiger partial charge on any atom is -0.650 e. The number of hydrogen-bond donors (Lipinski definition) is 0. The molecule has 0 saturated heterocycles. The Morgan fingerprint density at radius 3 is 0.406 bits per heavy atom. The molecule has 0 aliphatic heterocycles. The molecule has 4 unspecified atom stereocenters. The summed E-state index contributed by atoms with van der Waals surface area (Å²) in [6, 6.07) is 1.36. The van der Waals surface area contributed by atoms with Crippen LogP contribution >= 0.6 is 0 Å². The van der Waals surface area contributed by atoms with Crippen molar-refractivity contribution in [1.82, 2.24) is 0 Å². The van der Waals surface area contributed by atoms with Crippen molar-refractivity contribution in [2.45, 2.75) is 465 Å². The molecule has 0 aromatic carbocycles. The maximum atomic E-state index is 5.18. The minimum atomic E-state index is -0.783. The Morgan fingerprint density at radius 2 is 0.297 bits per heavy atom. The fourth-order valence-electron chi connectivity index (χ4n) is 14.2. The van der Waals surface area contributed by atoms with Crippen LogP contribution in [-0.2, 0) is 25.8 Å². The summed E-state index contributed by atoms with van der Waals surface area (Å²) >= 11 is 0. The van der Waals surface area contributed by atoms with E-state index >= 15 is 0 Å². The van der Waals surface area contributed by atoms with E-state index < -0.39 is 35.2 Å². The zero-order valence-electron chi connectivity index (χ0n) is 72.4. The minimum absolute atomic E-state index is 0. The summed E-state index contributed by atoms with van der Waals surface area (Å²) in [7, 11) is -3.13. The van der Waals surface area contributed by atoms with Gasteiger partial charge in [0, 0.05) is 35.2 Å². The fourth-order valence-corrected chi connectivity index (χ4v) is 19.2. The molecule has 0 spiro atoms. The van der Waals surface area contributed by atoms with Crippen molar-refractivity contribution < 1.29 is 25.8 Å². The van der Waals surface area contributed by atoms with Crippen molar-refractivity contribution in [2.75, 3.05) is 0 Å². The largest absolute Gasteiger partial charge is 4.00 e. The van der Waals surface area contributed by atoms with E-state index in [4.69, 9.17) is 21.3 Å². The van der Waals surface area contributed by atoms with Gasteiger partial charge in [-0.15, -0.1) is 20.6 Å². The molecule has 4 aliphatic rings. The Kier molecular flexibility index (Phi) is 55.5. The van der Waals surface area contributed by atoms with Crippen LogP contribution in [0, 0.1) is 21.7 Å². The average Bonchev–Trinajstić information content (AvgIpc) is 1.86. The van der Waals surface area contributed by atoms with Gasteiger partial charge in [-0.25, -0.2) is 0 Å². The molecular formula is C92H176HfN4Si4. The number of nitrogens with zero attached hydrogens (tertiary/aromatic N) is 4. The summed E-state index contributed by atoms with van der Waals surface area (Å²) in [6.45, 7) is 57.6. The van der Waals surface area contributed by atoms with Crippen LogP contribution in [0.4, 0.5) is 0 Å². The first-order chi connectivity index (χ1) is 46.9. The molecule has 0 saturated carbocycles. The molecule has 0 bridgehead atoms. The van der Waals surface area contributed by atoms with Gasteiger partial charge in [0.2, 0.25) is 0 Å². The topological polar surface area (TPSA) is 56.4 Å². The standard InChI is InChI=1S/4C23H44NSi.Hf/c4*1-22(2,3)19-15-11-9-7-8-10-12-16-20-23(4,25(5)6)24-21-17-13-14-18-21;/h4*13-14,17-18,21,25H,7-12,15-16,19-20H2,1-6H3;/q4*-1;+4. The first kappa shape index (κ1) is 100. The molecule has 4 aliphatic carbocycles. The van der Waals surface area contributed by atoms with E-state index in [9.17, 15) is 0 Å². The number of allylic oxidation sites excluding steroid dienone is 8.